The first-order chi connectivity index (χ1) is 6.33. The van der Waals surface area contributed by atoms with Crippen LogP contribution in [0.2, 0.25) is 0 Å². The van der Waals surface area contributed by atoms with Gasteiger partial charge in [-0.1, -0.05) is 19.1 Å². The zero-order valence-corrected chi connectivity index (χ0v) is 8.16. The van der Waals surface area contributed by atoms with Crippen molar-refractivity contribution < 1.29 is 0 Å². The highest BCUT2D eigenvalue weighted by molar-refractivity contribution is 4.94. The third-order valence-electron chi connectivity index (χ3n) is 1.95. The first kappa shape index (κ1) is 9.99. The normalized spacial score (nSPS) is 10.2. The maximum atomic E-state index is 4.11. The molecule has 0 fully saturated rings. The second-order valence-corrected chi connectivity index (χ2v) is 3.05. The van der Waals surface area contributed by atoms with E-state index in [1.54, 1.807) is 6.20 Å². The summed E-state index contributed by atoms with van der Waals surface area (Å²) in [5, 5.41) is 7.42. The monoisotopic (exact) mass is 179 g/mol. The van der Waals surface area contributed by atoms with Crippen LogP contribution >= 0.6 is 0 Å². The lowest BCUT2D eigenvalue weighted by Crippen LogP contribution is -2.22. The van der Waals surface area contributed by atoms with Crippen molar-refractivity contribution in [3.05, 3.63) is 30.6 Å². The van der Waals surface area contributed by atoms with Gasteiger partial charge in [0.2, 0.25) is 0 Å². The number of nitrogens with zero attached hydrogens (tertiary/aromatic N) is 2. The Bertz CT molecular complexity index is 239. The van der Waals surface area contributed by atoms with Crippen LogP contribution in [0.1, 0.15) is 13.3 Å². The topological polar surface area (TPSA) is 29.9 Å². The summed E-state index contributed by atoms with van der Waals surface area (Å²) in [4.78, 5) is 0. The van der Waals surface area contributed by atoms with E-state index < -0.39 is 0 Å². The van der Waals surface area contributed by atoms with Gasteiger partial charge >= 0.3 is 0 Å². The van der Waals surface area contributed by atoms with Crippen molar-refractivity contribution in [3.63, 3.8) is 0 Å². The Morgan fingerprint density at radius 3 is 3.08 bits per heavy atom. The van der Waals surface area contributed by atoms with Crippen molar-refractivity contribution in [2.45, 2.75) is 19.9 Å². The summed E-state index contributed by atoms with van der Waals surface area (Å²) in [6.07, 6.45) is 4.82. The molecular formula is C10H17N3. The Kier molecular flexibility index (Phi) is 4.26. The minimum Gasteiger partial charge on any atom is -0.311 e. The number of rotatable bonds is 6. The molecule has 1 heterocycles. The molecule has 13 heavy (non-hydrogen) atoms. The van der Waals surface area contributed by atoms with E-state index in [-0.39, 0.29) is 0 Å². The lowest BCUT2D eigenvalue weighted by Gasteiger charge is -2.05. The molecule has 72 valence electrons. The first-order valence-electron chi connectivity index (χ1n) is 4.67. The zero-order valence-electron chi connectivity index (χ0n) is 8.16. The molecular weight excluding hydrogens is 162 g/mol. The lowest BCUT2D eigenvalue weighted by atomic mass is 10.2. The fourth-order valence-corrected chi connectivity index (χ4v) is 1.02. The highest BCUT2D eigenvalue weighted by atomic mass is 15.3. The van der Waals surface area contributed by atoms with E-state index in [9.17, 15) is 0 Å². The van der Waals surface area contributed by atoms with Gasteiger partial charge in [0, 0.05) is 25.5 Å². The molecule has 0 aliphatic carbocycles. The second-order valence-electron chi connectivity index (χ2n) is 3.05. The summed E-state index contributed by atoms with van der Waals surface area (Å²) in [5.74, 6) is 0. The molecule has 1 aromatic rings. The molecule has 0 unspecified atom stereocenters. The van der Waals surface area contributed by atoms with Gasteiger partial charge in [0.1, 0.15) is 0 Å². The van der Waals surface area contributed by atoms with Crippen LogP contribution in [-0.2, 0) is 6.54 Å². The van der Waals surface area contributed by atoms with Crippen LogP contribution in [0.4, 0.5) is 0 Å². The van der Waals surface area contributed by atoms with Crippen LogP contribution in [0.5, 0.6) is 0 Å². The van der Waals surface area contributed by atoms with Crippen LogP contribution in [0, 0.1) is 0 Å². The molecule has 1 aromatic heterocycles. The van der Waals surface area contributed by atoms with Gasteiger partial charge in [-0.2, -0.15) is 5.10 Å². The largest absolute Gasteiger partial charge is 0.311 e. The maximum Gasteiger partial charge on any atom is 0.0534 e. The smallest absolute Gasteiger partial charge is 0.0534 e. The van der Waals surface area contributed by atoms with Gasteiger partial charge < -0.3 is 5.32 Å². The van der Waals surface area contributed by atoms with Crippen molar-refractivity contribution in [2.75, 3.05) is 13.1 Å². The van der Waals surface area contributed by atoms with E-state index in [1.165, 1.54) is 5.57 Å². The van der Waals surface area contributed by atoms with Gasteiger partial charge in [-0.25, -0.2) is 0 Å². The molecule has 0 saturated heterocycles. The molecule has 3 nitrogen and oxygen atoms in total. The molecule has 0 saturated carbocycles. The Labute approximate surface area is 79.5 Å². The van der Waals surface area contributed by atoms with Gasteiger partial charge in [-0.3, -0.25) is 4.68 Å². The molecule has 0 aliphatic heterocycles. The molecule has 0 amide bonds. The summed E-state index contributed by atoms with van der Waals surface area (Å²) < 4.78 is 1.92. The third kappa shape index (κ3) is 3.90. The van der Waals surface area contributed by atoms with E-state index in [0.717, 1.165) is 26.1 Å². The van der Waals surface area contributed by atoms with Gasteiger partial charge in [-0.15, -0.1) is 0 Å². The summed E-state index contributed by atoms with van der Waals surface area (Å²) in [6, 6.07) is 1.94. The predicted molar refractivity (Wildman–Crippen MR) is 54.5 cm³/mol. The molecule has 0 atom stereocenters. The molecule has 1 N–H and O–H groups in total. The highest BCUT2D eigenvalue weighted by Gasteiger charge is 1.91. The lowest BCUT2D eigenvalue weighted by molar-refractivity contribution is 0.567. The summed E-state index contributed by atoms with van der Waals surface area (Å²) in [7, 11) is 0. The van der Waals surface area contributed by atoms with E-state index >= 15 is 0 Å². The predicted octanol–water partition coefficient (Wildman–Crippen LogP) is 1.44. The van der Waals surface area contributed by atoms with E-state index in [2.05, 4.69) is 23.9 Å². The summed E-state index contributed by atoms with van der Waals surface area (Å²) >= 11 is 0. The highest BCUT2D eigenvalue weighted by Crippen LogP contribution is 1.92. The average molecular weight is 179 g/mol. The van der Waals surface area contributed by atoms with Gasteiger partial charge in [0.25, 0.3) is 0 Å². The van der Waals surface area contributed by atoms with Crippen molar-refractivity contribution in [2.24, 2.45) is 0 Å². The van der Waals surface area contributed by atoms with Crippen LogP contribution in [-0.4, -0.2) is 22.9 Å². The van der Waals surface area contributed by atoms with Gasteiger partial charge in [0.15, 0.2) is 0 Å². The number of aromatic nitrogens is 2. The van der Waals surface area contributed by atoms with Gasteiger partial charge in [-0.05, 0) is 12.5 Å². The van der Waals surface area contributed by atoms with Crippen LogP contribution in [0.15, 0.2) is 30.6 Å². The van der Waals surface area contributed by atoms with Crippen LogP contribution in [0.3, 0.4) is 0 Å². The third-order valence-corrected chi connectivity index (χ3v) is 1.95. The van der Waals surface area contributed by atoms with Crippen molar-refractivity contribution in [1.29, 1.82) is 0 Å². The SMILES string of the molecule is C=C(CC)CNCCn1cccn1. The average Bonchev–Trinajstić information content (AvgIpc) is 2.64. The van der Waals surface area contributed by atoms with Crippen molar-refractivity contribution in [1.82, 2.24) is 15.1 Å². The molecule has 1 rings (SSSR count). The molecule has 0 bridgehead atoms. The summed E-state index contributed by atoms with van der Waals surface area (Å²) in [5.41, 5.74) is 1.25. The molecule has 0 aromatic carbocycles. The summed E-state index contributed by atoms with van der Waals surface area (Å²) in [6.45, 7) is 8.83. The number of nitrogens with one attached hydrogen (secondary N) is 1. The zero-order chi connectivity index (χ0) is 9.52. The second kappa shape index (κ2) is 5.54. The quantitative estimate of drug-likeness (QED) is 0.529. The first-order valence-corrected chi connectivity index (χ1v) is 4.67. The Morgan fingerprint density at radius 1 is 1.62 bits per heavy atom. The minimum absolute atomic E-state index is 0.914. The Hall–Kier alpha value is -1.09. The van der Waals surface area contributed by atoms with Crippen LogP contribution < -0.4 is 5.32 Å². The van der Waals surface area contributed by atoms with E-state index in [1.807, 2.05) is 16.9 Å². The van der Waals surface area contributed by atoms with Crippen molar-refractivity contribution in [3.8, 4) is 0 Å². The Balaban J connectivity index is 2.05. The fraction of sp³-hybridized carbons (Fsp3) is 0.500. The van der Waals surface area contributed by atoms with Crippen LogP contribution in [0.25, 0.3) is 0 Å². The van der Waals surface area contributed by atoms with E-state index in [0.29, 0.717) is 0 Å². The molecule has 0 spiro atoms. The standard InChI is InChI=1S/C10H17N3/c1-3-10(2)9-11-6-8-13-7-4-5-12-13/h4-5,7,11H,2-3,6,8-9H2,1H3. The fourth-order valence-electron chi connectivity index (χ4n) is 1.02. The molecule has 0 aliphatic rings. The number of hydrogen-bond donors (Lipinski definition) is 1. The Morgan fingerprint density at radius 2 is 2.46 bits per heavy atom. The molecule has 0 radical (unpaired) electrons. The maximum absolute atomic E-state index is 4.11. The van der Waals surface area contributed by atoms with Gasteiger partial charge in [0.05, 0.1) is 6.54 Å². The van der Waals surface area contributed by atoms with Crippen molar-refractivity contribution >= 4 is 0 Å². The minimum atomic E-state index is 0.914. The number of hydrogen-bond acceptors (Lipinski definition) is 2. The molecule has 3 heteroatoms. The van der Waals surface area contributed by atoms with E-state index in [4.69, 9.17) is 0 Å².